The zero-order valence-electron chi connectivity index (χ0n) is 11.3. The number of nitrogens with one attached hydrogen (secondary N) is 1. The number of nitrogens with zero attached hydrogens (tertiary/aromatic N) is 3. The number of ether oxygens (including phenoxy) is 1. The molecular formula is C13H10N4O5. The molecule has 0 aliphatic heterocycles. The Balaban J connectivity index is 2.19. The SMILES string of the molecule is COC(=O)Nc1nc(-c2occc2C(=O)O)n2cccc2n1. The molecule has 3 heterocycles. The monoisotopic (exact) mass is 302 g/mol. The fourth-order valence-corrected chi connectivity index (χ4v) is 1.94. The predicted molar refractivity (Wildman–Crippen MR) is 73.7 cm³/mol. The van der Waals surface area contributed by atoms with Gasteiger partial charge in [0.15, 0.2) is 11.6 Å². The summed E-state index contributed by atoms with van der Waals surface area (Å²) in [7, 11) is 1.21. The van der Waals surface area contributed by atoms with Crippen molar-refractivity contribution in [2.45, 2.75) is 0 Å². The lowest BCUT2D eigenvalue weighted by molar-refractivity contribution is 0.0697. The molecule has 112 valence electrons. The normalized spacial score (nSPS) is 10.6. The molecule has 3 aromatic heterocycles. The molecule has 0 aromatic carbocycles. The first-order valence-electron chi connectivity index (χ1n) is 6.11. The van der Waals surface area contributed by atoms with Gasteiger partial charge in [0, 0.05) is 6.20 Å². The summed E-state index contributed by atoms with van der Waals surface area (Å²) < 4.78 is 11.3. The smallest absolute Gasteiger partial charge is 0.413 e. The van der Waals surface area contributed by atoms with E-state index in [0.717, 1.165) is 0 Å². The molecule has 9 heteroatoms. The van der Waals surface area contributed by atoms with Gasteiger partial charge in [-0.05, 0) is 18.2 Å². The lowest BCUT2D eigenvalue weighted by Crippen LogP contribution is -2.15. The van der Waals surface area contributed by atoms with Crippen molar-refractivity contribution < 1.29 is 23.8 Å². The van der Waals surface area contributed by atoms with Crippen LogP contribution in [0.4, 0.5) is 10.7 Å². The number of fused-ring (bicyclic) bond motifs is 1. The Morgan fingerprint density at radius 1 is 1.36 bits per heavy atom. The molecule has 0 bridgehead atoms. The number of rotatable bonds is 3. The van der Waals surface area contributed by atoms with E-state index in [1.807, 2.05) is 0 Å². The van der Waals surface area contributed by atoms with Gasteiger partial charge in [0.25, 0.3) is 0 Å². The number of furan rings is 1. The highest BCUT2D eigenvalue weighted by molar-refractivity contribution is 5.93. The van der Waals surface area contributed by atoms with E-state index in [9.17, 15) is 14.7 Å². The second kappa shape index (κ2) is 5.20. The number of carboxylic acids is 1. The van der Waals surface area contributed by atoms with Crippen molar-refractivity contribution in [1.82, 2.24) is 14.4 Å². The maximum absolute atomic E-state index is 11.3. The summed E-state index contributed by atoms with van der Waals surface area (Å²) in [6.45, 7) is 0. The van der Waals surface area contributed by atoms with E-state index < -0.39 is 12.1 Å². The molecule has 0 saturated heterocycles. The van der Waals surface area contributed by atoms with Crippen LogP contribution in [0, 0.1) is 0 Å². The van der Waals surface area contributed by atoms with Gasteiger partial charge in [-0.3, -0.25) is 9.72 Å². The van der Waals surface area contributed by atoms with Crippen LogP contribution in [-0.4, -0.2) is 38.6 Å². The van der Waals surface area contributed by atoms with Gasteiger partial charge in [-0.15, -0.1) is 0 Å². The van der Waals surface area contributed by atoms with Crippen LogP contribution in [0.3, 0.4) is 0 Å². The molecule has 3 rings (SSSR count). The molecule has 0 aliphatic carbocycles. The van der Waals surface area contributed by atoms with Gasteiger partial charge in [0.1, 0.15) is 11.2 Å². The average molecular weight is 302 g/mol. The van der Waals surface area contributed by atoms with Crippen LogP contribution >= 0.6 is 0 Å². The first-order valence-corrected chi connectivity index (χ1v) is 6.11. The number of aromatic nitrogens is 3. The topological polar surface area (TPSA) is 119 Å². The Kier molecular flexibility index (Phi) is 3.22. The Labute approximate surface area is 123 Å². The molecule has 0 fully saturated rings. The number of amides is 1. The van der Waals surface area contributed by atoms with E-state index in [1.165, 1.54) is 19.4 Å². The van der Waals surface area contributed by atoms with Crippen molar-refractivity contribution in [3.8, 4) is 11.6 Å². The van der Waals surface area contributed by atoms with E-state index in [0.29, 0.717) is 5.65 Å². The maximum Gasteiger partial charge on any atom is 0.413 e. The summed E-state index contributed by atoms with van der Waals surface area (Å²) >= 11 is 0. The Morgan fingerprint density at radius 2 is 2.18 bits per heavy atom. The van der Waals surface area contributed by atoms with E-state index >= 15 is 0 Å². The minimum atomic E-state index is -1.15. The molecule has 3 aromatic rings. The van der Waals surface area contributed by atoms with Gasteiger partial charge >= 0.3 is 12.1 Å². The van der Waals surface area contributed by atoms with Crippen molar-refractivity contribution in [3.05, 3.63) is 36.2 Å². The molecule has 1 amide bonds. The lowest BCUT2D eigenvalue weighted by atomic mass is 10.2. The summed E-state index contributed by atoms with van der Waals surface area (Å²) in [5, 5.41) is 11.5. The van der Waals surface area contributed by atoms with Gasteiger partial charge in [-0.25, -0.2) is 9.59 Å². The molecule has 2 N–H and O–H groups in total. The van der Waals surface area contributed by atoms with Gasteiger partial charge in [-0.2, -0.15) is 9.97 Å². The highest BCUT2D eigenvalue weighted by Crippen LogP contribution is 2.25. The molecule has 0 spiro atoms. The van der Waals surface area contributed by atoms with E-state index in [1.54, 1.807) is 22.7 Å². The standard InChI is InChI=1S/C13H10N4O5/c1-21-13(20)16-12-14-8-3-2-5-17(8)10(15-12)9-7(11(18)19)4-6-22-9/h2-6H,1H3,(H,18,19)(H,14,16,20). The molecule has 0 saturated carbocycles. The van der Waals surface area contributed by atoms with Gasteiger partial charge in [0.05, 0.1) is 13.4 Å². The summed E-state index contributed by atoms with van der Waals surface area (Å²) in [6, 6.07) is 4.71. The number of carboxylic acid groups (broad SMARTS) is 1. The highest BCUT2D eigenvalue weighted by atomic mass is 16.5. The van der Waals surface area contributed by atoms with Gasteiger partial charge < -0.3 is 14.3 Å². The zero-order chi connectivity index (χ0) is 15.7. The molecule has 0 radical (unpaired) electrons. The minimum Gasteiger partial charge on any atom is -0.478 e. The predicted octanol–water partition coefficient (Wildman–Crippen LogP) is 1.87. The Bertz CT molecular complexity index is 866. The van der Waals surface area contributed by atoms with Crippen molar-refractivity contribution in [2.75, 3.05) is 12.4 Å². The van der Waals surface area contributed by atoms with Crippen molar-refractivity contribution in [2.24, 2.45) is 0 Å². The lowest BCUT2D eigenvalue weighted by Gasteiger charge is -2.07. The minimum absolute atomic E-state index is 0.0270. The number of carbonyl (C=O) groups is 2. The quantitative estimate of drug-likeness (QED) is 0.757. The fourth-order valence-electron chi connectivity index (χ4n) is 1.94. The fraction of sp³-hybridized carbons (Fsp3) is 0.0769. The molecule has 9 nitrogen and oxygen atoms in total. The number of anilines is 1. The first-order chi connectivity index (χ1) is 10.6. The van der Waals surface area contributed by atoms with Crippen LogP contribution in [0.5, 0.6) is 0 Å². The summed E-state index contributed by atoms with van der Waals surface area (Å²) in [4.78, 5) is 30.8. The van der Waals surface area contributed by atoms with E-state index in [2.05, 4.69) is 20.0 Å². The van der Waals surface area contributed by atoms with Crippen molar-refractivity contribution >= 4 is 23.7 Å². The molecule has 0 unspecified atom stereocenters. The van der Waals surface area contributed by atoms with Crippen LogP contribution in [-0.2, 0) is 4.74 Å². The van der Waals surface area contributed by atoms with Crippen LogP contribution in [0.2, 0.25) is 0 Å². The second-order valence-electron chi connectivity index (χ2n) is 4.19. The molecular weight excluding hydrogens is 292 g/mol. The summed E-state index contributed by atoms with van der Waals surface area (Å²) in [6.07, 6.45) is 2.17. The number of carbonyl (C=O) groups excluding carboxylic acids is 1. The average Bonchev–Trinajstić information content (AvgIpc) is 3.14. The summed E-state index contributed by atoms with van der Waals surface area (Å²) in [5.74, 6) is -0.918. The highest BCUT2D eigenvalue weighted by Gasteiger charge is 2.20. The van der Waals surface area contributed by atoms with Gasteiger partial charge in [-0.1, -0.05) is 0 Å². The first kappa shape index (κ1) is 13.6. The Morgan fingerprint density at radius 3 is 2.91 bits per heavy atom. The van der Waals surface area contributed by atoms with E-state index in [-0.39, 0.29) is 23.1 Å². The third-order valence-corrected chi connectivity index (χ3v) is 2.89. The van der Waals surface area contributed by atoms with Crippen molar-refractivity contribution in [3.63, 3.8) is 0 Å². The molecule has 22 heavy (non-hydrogen) atoms. The zero-order valence-corrected chi connectivity index (χ0v) is 11.3. The van der Waals surface area contributed by atoms with Crippen LogP contribution < -0.4 is 5.32 Å². The largest absolute Gasteiger partial charge is 0.478 e. The van der Waals surface area contributed by atoms with Crippen LogP contribution in [0.25, 0.3) is 17.2 Å². The third kappa shape index (κ3) is 2.24. The second-order valence-corrected chi connectivity index (χ2v) is 4.19. The van der Waals surface area contributed by atoms with Crippen molar-refractivity contribution in [1.29, 1.82) is 0 Å². The molecule has 0 atom stereocenters. The summed E-state index contributed by atoms with van der Waals surface area (Å²) in [5.41, 5.74) is 0.418. The maximum atomic E-state index is 11.3. The van der Waals surface area contributed by atoms with Crippen LogP contribution in [0.15, 0.2) is 35.1 Å². The molecule has 0 aliphatic rings. The van der Waals surface area contributed by atoms with E-state index in [4.69, 9.17) is 4.42 Å². The number of methoxy groups -OCH3 is 1. The third-order valence-electron chi connectivity index (χ3n) is 2.89. The number of aromatic carboxylic acids is 1. The number of hydrogen-bond acceptors (Lipinski definition) is 6. The Hall–Kier alpha value is -3.36. The van der Waals surface area contributed by atoms with Crippen LogP contribution in [0.1, 0.15) is 10.4 Å². The van der Waals surface area contributed by atoms with Gasteiger partial charge in [0.2, 0.25) is 5.95 Å². The number of hydrogen-bond donors (Lipinski definition) is 2.